The number of hydrogen-bond acceptors (Lipinski definition) is 10. The highest BCUT2D eigenvalue weighted by Gasteiger charge is 2.45. The highest BCUT2D eigenvalue weighted by molar-refractivity contribution is 7.81. The molecule has 0 bridgehead atoms. The summed E-state index contributed by atoms with van der Waals surface area (Å²) < 4.78 is 32.3. The van der Waals surface area contributed by atoms with Gasteiger partial charge in [-0.1, -0.05) is 142 Å². The van der Waals surface area contributed by atoms with E-state index in [2.05, 4.69) is 22.2 Å². The third kappa shape index (κ3) is 21.1. The average molecular weight is 587 g/mol. The van der Waals surface area contributed by atoms with Crippen LogP contribution in [0.4, 0.5) is 0 Å². The maximum absolute atomic E-state index is 12.0. The van der Waals surface area contributed by atoms with Crippen molar-refractivity contribution in [1.29, 1.82) is 0 Å². The lowest BCUT2D eigenvalue weighted by Crippen LogP contribution is -2.51. The zero-order valence-corrected chi connectivity index (χ0v) is 25.3. The van der Waals surface area contributed by atoms with Gasteiger partial charge in [-0.3, -0.25) is 0 Å². The van der Waals surface area contributed by atoms with Crippen LogP contribution in [0, 0.1) is 0 Å². The Labute approximate surface area is 237 Å². The first kappa shape index (κ1) is 38.6. The van der Waals surface area contributed by atoms with E-state index >= 15 is 0 Å². The number of hydrogen-bond donors (Lipinski definition) is 6. The van der Waals surface area contributed by atoms with Crippen LogP contribution in [0.3, 0.4) is 0 Å². The van der Waals surface area contributed by atoms with Crippen molar-refractivity contribution >= 4 is 10.4 Å². The summed E-state index contributed by atoms with van der Waals surface area (Å²) in [4.78, 5) is 0. The molecular formula is C28H58O10S. The van der Waals surface area contributed by atoms with E-state index in [9.17, 15) is 39.1 Å². The first-order valence-corrected chi connectivity index (χ1v) is 16.6. The number of aliphatic hydroxyl groups excluding tert-OH is 2. The average Bonchev–Trinajstić information content (AvgIpc) is 2.84. The molecule has 0 saturated carbocycles. The molecule has 11 heteroatoms. The van der Waals surface area contributed by atoms with Gasteiger partial charge in [-0.05, 0) is 12.8 Å². The second-order valence-electron chi connectivity index (χ2n) is 10.9. The summed E-state index contributed by atoms with van der Waals surface area (Å²) in [6.45, 7) is 4.35. The van der Waals surface area contributed by atoms with Crippen molar-refractivity contribution in [3.63, 3.8) is 0 Å². The second kappa shape index (κ2) is 22.3. The van der Waals surface area contributed by atoms with E-state index < -0.39 is 34.6 Å². The number of aliphatic hydroxyl groups is 6. The third-order valence-corrected chi connectivity index (χ3v) is 7.88. The van der Waals surface area contributed by atoms with Crippen molar-refractivity contribution in [3.05, 3.63) is 0 Å². The van der Waals surface area contributed by atoms with Crippen molar-refractivity contribution in [3.8, 4) is 0 Å². The molecule has 0 aromatic carbocycles. The largest absolute Gasteiger partial charge is 0.409 e. The van der Waals surface area contributed by atoms with Gasteiger partial charge in [0.1, 0.15) is 12.2 Å². The van der Waals surface area contributed by atoms with Crippen molar-refractivity contribution in [2.45, 2.75) is 179 Å². The first-order chi connectivity index (χ1) is 18.4. The van der Waals surface area contributed by atoms with Crippen LogP contribution < -0.4 is 0 Å². The Bertz CT molecular complexity index is 619. The summed E-state index contributed by atoms with van der Waals surface area (Å²) >= 11 is 0. The molecule has 0 aliphatic carbocycles. The molecule has 0 heterocycles. The zero-order chi connectivity index (χ0) is 29.6. The summed E-state index contributed by atoms with van der Waals surface area (Å²) in [5, 5.41) is 59.6. The van der Waals surface area contributed by atoms with Crippen molar-refractivity contribution in [1.82, 2.24) is 0 Å². The molecule has 0 amide bonds. The van der Waals surface area contributed by atoms with Crippen LogP contribution in [0.5, 0.6) is 0 Å². The highest BCUT2D eigenvalue weighted by Crippen LogP contribution is 2.24. The summed E-state index contributed by atoms with van der Waals surface area (Å²) in [6, 6.07) is 0. The minimum absolute atomic E-state index is 0.149. The summed E-state index contributed by atoms with van der Waals surface area (Å²) in [6.07, 6.45) is 16.3. The minimum Gasteiger partial charge on any atom is -0.385 e. The van der Waals surface area contributed by atoms with Crippen LogP contribution in [0.25, 0.3) is 0 Å². The van der Waals surface area contributed by atoms with E-state index in [4.69, 9.17) is 0 Å². The minimum atomic E-state index is -5.41. The predicted octanol–water partition coefficient (Wildman–Crippen LogP) is 4.89. The molecule has 39 heavy (non-hydrogen) atoms. The smallest absolute Gasteiger partial charge is 0.385 e. The van der Waals surface area contributed by atoms with E-state index in [0.717, 1.165) is 38.5 Å². The van der Waals surface area contributed by atoms with Gasteiger partial charge in [0.25, 0.3) is 0 Å². The molecule has 0 rings (SSSR count). The molecule has 2 unspecified atom stereocenters. The Morgan fingerprint density at radius 1 is 0.487 bits per heavy atom. The molecule has 236 valence electrons. The van der Waals surface area contributed by atoms with Crippen LogP contribution in [-0.2, 0) is 18.8 Å². The lowest BCUT2D eigenvalue weighted by molar-refractivity contribution is -0.360. The lowest BCUT2D eigenvalue weighted by atomic mass is 10.0. The fourth-order valence-corrected chi connectivity index (χ4v) is 5.31. The zero-order valence-electron chi connectivity index (χ0n) is 24.4. The second-order valence-corrected chi connectivity index (χ2v) is 12.0. The van der Waals surface area contributed by atoms with Gasteiger partial charge in [0, 0.05) is 0 Å². The lowest BCUT2D eigenvalue weighted by Gasteiger charge is -2.29. The monoisotopic (exact) mass is 586 g/mol. The fourth-order valence-electron chi connectivity index (χ4n) is 4.45. The molecule has 0 aliphatic rings. The van der Waals surface area contributed by atoms with Crippen molar-refractivity contribution in [2.75, 3.05) is 0 Å². The molecule has 10 nitrogen and oxygen atoms in total. The molecular weight excluding hydrogens is 528 g/mol. The highest BCUT2D eigenvalue weighted by atomic mass is 32.3. The van der Waals surface area contributed by atoms with E-state index in [1.54, 1.807) is 0 Å². The Morgan fingerprint density at radius 3 is 0.974 bits per heavy atom. The van der Waals surface area contributed by atoms with E-state index in [0.29, 0.717) is 25.7 Å². The van der Waals surface area contributed by atoms with Gasteiger partial charge < -0.3 is 30.6 Å². The van der Waals surface area contributed by atoms with Gasteiger partial charge in [0.15, 0.2) is 0 Å². The maximum atomic E-state index is 12.0. The topological polar surface area (TPSA) is 174 Å². The van der Waals surface area contributed by atoms with Crippen LogP contribution in [0.1, 0.15) is 155 Å². The standard InChI is InChI=1S/C28H58O10S/c1-3-5-7-9-11-13-15-17-19-21-23-25(29)27(31,32)37-39(35,36)38-28(33,34)26(30)24-22-20-18-16-14-12-10-8-6-4-2/h25-26,29-34H,3-24H2,1-2H3. The van der Waals surface area contributed by atoms with Gasteiger partial charge in [-0.15, -0.1) is 0 Å². The Balaban J connectivity index is 4.24. The van der Waals surface area contributed by atoms with Crippen LogP contribution in [-0.4, -0.2) is 63.2 Å². The van der Waals surface area contributed by atoms with Gasteiger partial charge in [-0.25, -0.2) is 0 Å². The summed E-state index contributed by atoms with van der Waals surface area (Å²) in [7, 11) is -5.41. The normalized spacial score (nSPS) is 14.6. The molecule has 0 aliphatic heterocycles. The first-order valence-electron chi connectivity index (χ1n) is 15.3. The Morgan fingerprint density at radius 2 is 0.718 bits per heavy atom. The third-order valence-electron chi connectivity index (χ3n) is 6.98. The van der Waals surface area contributed by atoms with E-state index in [-0.39, 0.29) is 12.8 Å². The molecule has 6 N–H and O–H groups in total. The predicted molar refractivity (Wildman–Crippen MR) is 150 cm³/mol. The van der Waals surface area contributed by atoms with Gasteiger partial charge in [0.2, 0.25) is 0 Å². The van der Waals surface area contributed by atoms with E-state index in [1.165, 1.54) is 64.2 Å². The number of unbranched alkanes of at least 4 members (excludes halogenated alkanes) is 18. The molecule has 2 atom stereocenters. The summed E-state index contributed by atoms with van der Waals surface area (Å²) in [5.41, 5.74) is 0. The van der Waals surface area contributed by atoms with E-state index in [1.807, 2.05) is 0 Å². The number of rotatable bonds is 28. The van der Waals surface area contributed by atoms with Gasteiger partial charge in [-0.2, -0.15) is 16.8 Å². The summed E-state index contributed by atoms with van der Waals surface area (Å²) in [5.74, 6) is -7.06. The molecule has 0 aromatic rings. The van der Waals surface area contributed by atoms with Crippen LogP contribution in [0.15, 0.2) is 0 Å². The Kier molecular flexibility index (Phi) is 22.0. The Hall–Kier alpha value is -0.370. The molecule has 0 fully saturated rings. The quantitative estimate of drug-likeness (QED) is 0.0547. The molecule has 0 aromatic heterocycles. The van der Waals surface area contributed by atoms with Crippen molar-refractivity contribution in [2.24, 2.45) is 0 Å². The van der Waals surface area contributed by atoms with Gasteiger partial charge >= 0.3 is 22.3 Å². The molecule has 0 saturated heterocycles. The van der Waals surface area contributed by atoms with Crippen LogP contribution in [0.2, 0.25) is 0 Å². The van der Waals surface area contributed by atoms with Crippen LogP contribution >= 0.6 is 0 Å². The molecule has 0 spiro atoms. The van der Waals surface area contributed by atoms with Crippen molar-refractivity contribution < 1.29 is 47.4 Å². The fraction of sp³-hybridized carbons (Fsp3) is 1.00. The SMILES string of the molecule is CCCCCCCCCCCCC(O)C(O)(O)OS(=O)(=O)OC(O)(O)C(O)CCCCCCCCCCCC. The molecule has 0 radical (unpaired) electrons. The van der Waals surface area contributed by atoms with Gasteiger partial charge in [0.05, 0.1) is 0 Å². The maximum Gasteiger partial charge on any atom is 0.409 e.